The molecule has 5 heteroatoms. The zero-order valence-corrected chi connectivity index (χ0v) is 11.3. The second-order valence-electron chi connectivity index (χ2n) is 3.98. The second kappa shape index (κ2) is 7.17. The number of carbonyl (C=O) groups excluding carboxylic acids is 1. The van der Waals surface area contributed by atoms with Crippen LogP contribution in [-0.2, 0) is 0 Å². The van der Waals surface area contributed by atoms with E-state index < -0.39 is 0 Å². The van der Waals surface area contributed by atoms with E-state index in [1.807, 2.05) is 13.8 Å². The Morgan fingerprint density at radius 3 is 2.78 bits per heavy atom. The van der Waals surface area contributed by atoms with Crippen LogP contribution in [0.4, 0.5) is 0 Å². The lowest BCUT2D eigenvalue weighted by Crippen LogP contribution is -2.38. The lowest BCUT2D eigenvalue weighted by atomic mass is 10.2. The van der Waals surface area contributed by atoms with E-state index in [-0.39, 0.29) is 25.2 Å². The van der Waals surface area contributed by atoms with Gasteiger partial charge in [0.15, 0.2) is 0 Å². The molecular formula is C13H17NO3S. The number of rotatable bonds is 4. The van der Waals surface area contributed by atoms with E-state index in [2.05, 4.69) is 11.8 Å². The molecule has 1 aromatic rings. The van der Waals surface area contributed by atoms with Crippen LogP contribution in [0, 0.1) is 11.8 Å². The molecule has 0 aliphatic carbocycles. The van der Waals surface area contributed by atoms with Crippen LogP contribution in [-0.4, -0.2) is 46.8 Å². The molecule has 0 saturated heterocycles. The normalized spacial score (nSPS) is 10.1. The van der Waals surface area contributed by atoms with Crippen LogP contribution in [0.1, 0.15) is 29.1 Å². The highest BCUT2D eigenvalue weighted by Gasteiger charge is 2.19. The summed E-state index contributed by atoms with van der Waals surface area (Å²) in [7, 11) is 0. The molecule has 2 N–H and O–H groups in total. The van der Waals surface area contributed by atoms with Crippen molar-refractivity contribution in [3.8, 4) is 11.8 Å². The fourth-order valence-electron chi connectivity index (χ4n) is 1.51. The van der Waals surface area contributed by atoms with E-state index in [1.54, 1.807) is 16.3 Å². The molecule has 1 rings (SSSR count). The van der Waals surface area contributed by atoms with Crippen LogP contribution in [0.3, 0.4) is 0 Å². The number of nitrogens with zero attached hydrogens (tertiary/aromatic N) is 1. The molecule has 0 aromatic carbocycles. The number of aliphatic hydroxyl groups excluding tert-OH is 2. The summed E-state index contributed by atoms with van der Waals surface area (Å²) in [4.78, 5) is 14.6. The van der Waals surface area contributed by atoms with Crippen molar-refractivity contribution in [2.24, 2.45) is 0 Å². The number of aliphatic hydroxyl groups is 2. The summed E-state index contributed by atoms with van der Waals surface area (Å²) in [6, 6.07) is 1.75. The standard InChI is InChI=1S/C13H17NO3S/c1-10(2)14(5-7-16)13(17)11-8-12(18-9-11)4-3-6-15/h8-10,15-16H,5-7H2,1-2H3. The van der Waals surface area contributed by atoms with E-state index in [4.69, 9.17) is 10.2 Å². The first-order chi connectivity index (χ1) is 8.60. The Bertz CT molecular complexity index is 456. The molecule has 98 valence electrons. The summed E-state index contributed by atoms with van der Waals surface area (Å²) in [6.45, 7) is 3.90. The molecule has 4 nitrogen and oxygen atoms in total. The zero-order chi connectivity index (χ0) is 13.5. The van der Waals surface area contributed by atoms with Crippen molar-refractivity contribution < 1.29 is 15.0 Å². The van der Waals surface area contributed by atoms with Gasteiger partial charge in [-0.25, -0.2) is 0 Å². The molecule has 0 radical (unpaired) electrons. The minimum Gasteiger partial charge on any atom is -0.395 e. The fraction of sp³-hybridized carbons (Fsp3) is 0.462. The van der Waals surface area contributed by atoms with Gasteiger partial charge in [-0.05, 0) is 19.9 Å². The maximum Gasteiger partial charge on any atom is 0.255 e. The van der Waals surface area contributed by atoms with Gasteiger partial charge in [0.25, 0.3) is 5.91 Å². The summed E-state index contributed by atoms with van der Waals surface area (Å²) in [5, 5.41) is 19.3. The van der Waals surface area contributed by atoms with Gasteiger partial charge >= 0.3 is 0 Å². The van der Waals surface area contributed by atoms with Crippen molar-refractivity contribution in [1.82, 2.24) is 4.90 Å². The first-order valence-electron chi connectivity index (χ1n) is 5.70. The molecule has 0 bridgehead atoms. The first kappa shape index (κ1) is 14.7. The third kappa shape index (κ3) is 3.84. The van der Waals surface area contributed by atoms with Crippen LogP contribution in [0.15, 0.2) is 11.4 Å². The highest BCUT2D eigenvalue weighted by Crippen LogP contribution is 2.16. The van der Waals surface area contributed by atoms with Crippen LogP contribution in [0.5, 0.6) is 0 Å². The van der Waals surface area contributed by atoms with Crippen molar-refractivity contribution in [1.29, 1.82) is 0 Å². The van der Waals surface area contributed by atoms with Gasteiger partial charge in [0, 0.05) is 18.0 Å². The van der Waals surface area contributed by atoms with E-state index in [0.717, 1.165) is 4.88 Å². The molecule has 1 heterocycles. The van der Waals surface area contributed by atoms with Crippen molar-refractivity contribution in [3.63, 3.8) is 0 Å². The molecule has 0 saturated carbocycles. The number of hydrogen-bond donors (Lipinski definition) is 2. The van der Waals surface area contributed by atoms with E-state index in [0.29, 0.717) is 12.1 Å². The number of carbonyl (C=O) groups is 1. The third-order valence-electron chi connectivity index (χ3n) is 2.36. The summed E-state index contributed by atoms with van der Waals surface area (Å²) in [5.41, 5.74) is 0.574. The third-order valence-corrected chi connectivity index (χ3v) is 3.21. The topological polar surface area (TPSA) is 60.8 Å². The molecule has 0 unspecified atom stereocenters. The lowest BCUT2D eigenvalue weighted by molar-refractivity contribution is 0.0666. The van der Waals surface area contributed by atoms with Gasteiger partial charge in [-0.15, -0.1) is 11.3 Å². The summed E-state index contributed by atoms with van der Waals surface area (Å²) < 4.78 is 0. The monoisotopic (exact) mass is 267 g/mol. The zero-order valence-electron chi connectivity index (χ0n) is 10.5. The summed E-state index contributed by atoms with van der Waals surface area (Å²) >= 11 is 1.37. The van der Waals surface area contributed by atoms with Crippen molar-refractivity contribution >= 4 is 17.2 Å². The lowest BCUT2D eigenvalue weighted by Gasteiger charge is -2.25. The predicted octanol–water partition coefficient (Wildman–Crippen LogP) is 0.935. The molecular weight excluding hydrogens is 250 g/mol. The fourth-order valence-corrected chi connectivity index (χ4v) is 2.26. The Morgan fingerprint density at radius 2 is 2.22 bits per heavy atom. The quantitative estimate of drug-likeness (QED) is 0.798. The highest BCUT2D eigenvalue weighted by atomic mass is 32.1. The molecule has 0 aliphatic rings. The molecule has 1 aromatic heterocycles. The second-order valence-corrected chi connectivity index (χ2v) is 4.89. The number of hydrogen-bond acceptors (Lipinski definition) is 4. The Hall–Kier alpha value is -1.35. The molecule has 18 heavy (non-hydrogen) atoms. The molecule has 0 fully saturated rings. The van der Waals surface area contributed by atoms with Gasteiger partial charge in [0.2, 0.25) is 0 Å². The average Bonchev–Trinajstić information content (AvgIpc) is 2.81. The number of amides is 1. The largest absolute Gasteiger partial charge is 0.395 e. The van der Waals surface area contributed by atoms with E-state index in [9.17, 15) is 4.79 Å². The molecule has 0 aliphatic heterocycles. The highest BCUT2D eigenvalue weighted by molar-refractivity contribution is 7.10. The van der Waals surface area contributed by atoms with Crippen molar-refractivity contribution in [2.45, 2.75) is 19.9 Å². The Kier molecular flexibility index (Phi) is 5.86. The van der Waals surface area contributed by atoms with Gasteiger partial charge in [-0.3, -0.25) is 4.79 Å². The van der Waals surface area contributed by atoms with Crippen molar-refractivity contribution in [3.05, 3.63) is 21.9 Å². The average molecular weight is 267 g/mol. The smallest absolute Gasteiger partial charge is 0.255 e. The van der Waals surface area contributed by atoms with Crippen LogP contribution in [0.25, 0.3) is 0 Å². The minimum absolute atomic E-state index is 0.0384. The Morgan fingerprint density at radius 1 is 1.50 bits per heavy atom. The Balaban J connectivity index is 2.85. The maximum atomic E-state index is 12.2. The summed E-state index contributed by atoms with van der Waals surface area (Å²) in [6.07, 6.45) is 0. The Labute approximate surface area is 111 Å². The van der Waals surface area contributed by atoms with Gasteiger partial charge in [0.05, 0.1) is 17.0 Å². The van der Waals surface area contributed by atoms with Gasteiger partial charge in [-0.2, -0.15) is 0 Å². The van der Waals surface area contributed by atoms with Gasteiger partial charge in [0.1, 0.15) is 6.61 Å². The summed E-state index contributed by atoms with van der Waals surface area (Å²) in [5.74, 6) is 5.21. The van der Waals surface area contributed by atoms with Crippen molar-refractivity contribution in [2.75, 3.05) is 19.8 Å². The van der Waals surface area contributed by atoms with Crippen LogP contribution < -0.4 is 0 Å². The van der Waals surface area contributed by atoms with Gasteiger partial charge < -0.3 is 15.1 Å². The first-order valence-corrected chi connectivity index (χ1v) is 6.58. The van der Waals surface area contributed by atoms with Gasteiger partial charge in [-0.1, -0.05) is 11.8 Å². The van der Waals surface area contributed by atoms with E-state index >= 15 is 0 Å². The molecule has 0 atom stereocenters. The maximum absolute atomic E-state index is 12.2. The number of thiophene rings is 1. The minimum atomic E-state index is -0.191. The van der Waals surface area contributed by atoms with Crippen LogP contribution in [0.2, 0.25) is 0 Å². The SMILES string of the molecule is CC(C)N(CCO)C(=O)c1csc(C#CCO)c1. The predicted molar refractivity (Wildman–Crippen MR) is 71.5 cm³/mol. The van der Waals surface area contributed by atoms with Crippen LogP contribution >= 0.6 is 11.3 Å². The van der Waals surface area contributed by atoms with E-state index in [1.165, 1.54) is 11.3 Å². The molecule has 0 spiro atoms. The molecule has 1 amide bonds.